The number of rotatable bonds is 3. The topological polar surface area (TPSA) is 12.0 Å². The van der Waals surface area contributed by atoms with Crippen LogP contribution in [-0.4, -0.2) is 7.05 Å². The van der Waals surface area contributed by atoms with Gasteiger partial charge in [0.1, 0.15) is 5.82 Å². The maximum absolute atomic E-state index is 14.0. The van der Waals surface area contributed by atoms with Crippen molar-refractivity contribution in [2.75, 3.05) is 7.05 Å². The average Bonchev–Trinajstić information content (AvgIpc) is 2.35. The van der Waals surface area contributed by atoms with Crippen LogP contribution in [0.15, 0.2) is 18.2 Å². The first-order valence-corrected chi connectivity index (χ1v) is 7.12. The first kappa shape index (κ1) is 13.8. The highest BCUT2D eigenvalue weighted by Crippen LogP contribution is 2.39. The zero-order valence-electron chi connectivity index (χ0n) is 11.0. The molecule has 1 nitrogen and oxygen atoms in total. The second-order valence-corrected chi connectivity index (χ2v) is 5.83. The van der Waals surface area contributed by atoms with Crippen LogP contribution in [0.25, 0.3) is 0 Å². The molecule has 0 aromatic heterocycles. The van der Waals surface area contributed by atoms with E-state index in [9.17, 15) is 4.39 Å². The fraction of sp³-hybridized carbons (Fsp3) is 0.600. The molecule has 3 heteroatoms. The summed E-state index contributed by atoms with van der Waals surface area (Å²) >= 11 is 6.17. The number of nitrogens with one attached hydrogen (secondary N) is 1. The lowest BCUT2D eigenvalue weighted by atomic mass is 9.77. The van der Waals surface area contributed by atoms with Gasteiger partial charge in [0, 0.05) is 16.6 Å². The highest BCUT2D eigenvalue weighted by Gasteiger charge is 2.29. The molecule has 100 valence electrons. The summed E-state index contributed by atoms with van der Waals surface area (Å²) in [5.41, 5.74) is 0.640. The predicted octanol–water partition coefficient (Wildman–Crippen LogP) is 4.57. The highest BCUT2D eigenvalue weighted by atomic mass is 35.5. The lowest BCUT2D eigenvalue weighted by molar-refractivity contribution is 0.235. The van der Waals surface area contributed by atoms with Gasteiger partial charge in [0.15, 0.2) is 0 Å². The van der Waals surface area contributed by atoms with Gasteiger partial charge in [0.2, 0.25) is 0 Å². The first-order chi connectivity index (χ1) is 8.63. The van der Waals surface area contributed by atoms with Crippen molar-refractivity contribution < 1.29 is 4.39 Å². The van der Waals surface area contributed by atoms with E-state index in [-0.39, 0.29) is 11.9 Å². The van der Waals surface area contributed by atoms with Crippen molar-refractivity contribution in [1.29, 1.82) is 0 Å². The van der Waals surface area contributed by atoms with Crippen molar-refractivity contribution in [3.8, 4) is 0 Å². The Morgan fingerprint density at radius 2 is 1.94 bits per heavy atom. The second kappa shape index (κ2) is 6.03. The predicted molar refractivity (Wildman–Crippen MR) is 74.3 cm³/mol. The molecular formula is C15H21ClFN. The molecule has 2 rings (SSSR count). The van der Waals surface area contributed by atoms with Crippen molar-refractivity contribution in [3.63, 3.8) is 0 Å². The molecule has 0 radical (unpaired) electrons. The van der Waals surface area contributed by atoms with E-state index in [1.165, 1.54) is 18.9 Å². The van der Waals surface area contributed by atoms with Crippen molar-refractivity contribution in [2.24, 2.45) is 11.8 Å². The Morgan fingerprint density at radius 1 is 1.28 bits per heavy atom. The molecule has 1 aromatic rings. The zero-order valence-corrected chi connectivity index (χ0v) is 11.8. The van der Waals surface area contributed by atoms with Crippen molar-refractivity contribution in [3.05, 3.63) is 34.6 Å². The smallest absolute Gasteiger partial charge is 0.129 e. The van der Waals surface area contributed by atoms with Gasteiger partial charge >= 0.3 is 0 Å². The first-order valence-electron chi connectivity index (χ1n) is 6.74. The van der Waals surface area contributed by atoms with E-state index >= 15 is 0 Å². The molecule has 0 heterocycles. The summed E-state index contributed by atoms with van der Waals surface area (Å²) in [7, 11) is 1.89. The molecule has 0 aliphatic heterocycles. The van der Waals surface area contributed by atoms with Gasteiger partial charge in [-0.05, 0) is 43.9 Å². The van der Waals surface area contributed by atoms with Crippen LogP contribution >= 0.6 is 11.6 Å². The Bertz CT molecular complexity index is 379. The van der Waals surface area contributed by atoms with Crippen LogP contribution in [0.1, 0.15) is 44.2 Å². The summed E-state index contributed by atoms with van der Waals surface area (Å²) in [6.45, 7) is 2.29. The van der Waals surface area contributed by atoms with Crippen LogP contribution in [0, 0.1) is 17.7 Å². The van der Waals surface area contributed by atoms with E-state index in [2.05, 4.69) is 12.2 Å². The van der Waals surface area contributed by atoms with Gasteiger partial charge in [-0.2, -0.15) is 0 Å². The quantitative estimate of drug-likeness (QED) is 0.848. The molecular weight excluding hydrogens is 249 g/mol. The Balaban J connectivity index is 2.23. The third-order valence-corrected chi connectivity index (χ3v) is 4.48. The maximum Gasteiger partial charge on any atom is 0.129 e. The monoisotopic (exact) mass is 269 g/mol. The number of hydrogen-bond acceptors (Lipinski definition) is 1. The molecule has 1 aliphatic rings. The van der Waals surface area contributed by atoms with Crippen LogP contribution in [0.4, 0.5) is 4.39 Å². The molecule has 0 bridgehead atoms. The third-order valence-electron chi connectivity index (χ3n) is 4.15. The normalized spacial score (nSPS) is 26.0. The van der Waals surface area contributed by atoms with Gasteiger partial charge in [-0.25, -0.2) is 4.39 Å². The van der Waals surface area contributed by atoms with Gasteiger partial charge in [-0.1, -0.05) is 37.4 Å². The fourth-order valence-corrected chi connectivity index (χ4v) is 3.32. The Hall–Kier alpha value is -0.600. The highest BCUT2D eigenvalue weighted by molar-refractivity contribution is 6.31. The SMILES string of the molecule is CNC(c1c(F)cccc1Cl)C1CCC(C)CC1. The summed E-state index contributed by atoms with van der Waals surface area (Å²) in [6, 6.07) is 4.97. The van der Waals surface area contributed by atoms with Crippen LogP contribution < -0.4 is 5.32 Å². The zero-order chi connectivity index (χ0) is 13.1. The number of hydrogen-bond donors (Lipinski definition) is 1. The van der Waals surface area contributed by atoms with Crippen LogP contribution in [-0.2, 0) is 0 Å². The molecule has 0 saturated heterocycles. The van der Waals surface area contributed by atoms with Crippen molar-refractivity contribution in [2.45, 2.75) is 38.6 Å². The minimum absolute atomic E-state index is 0.0335. The van der Waals surface area contributed by atoms with E-state index < -0.39 is 0 Å². The van der Waals surface area contributed by atoms with Gasteiger partial charge in [0.25, 0.3) is 0 Å². The van der Waals surface area contributed by atoms with Crippen LogP contribution in [0.2, 0.25) is 5.02 Å². The van der Waals surface area contributed by atoms with E-state index in [1.54, 1.807) is 12.1 Å². The lowest BCUT2D eigenvalue weighted by Gasteiger charge is -2.33. The van der Waals surface area contributed by atoms with Gasteiger partial charge in [-0.15, -0.1) is 0 Å². The van der Waals surface area contributed by atoms with Crippen molar-refractivity contribution >= 4 is 11.6 Å². The molecule has 1 N–H and O–H groups in total. The maximum atomic E-state index is 14.0. The van der Waals surface area contributed by atoms with Gasteiger partial charge < -0.3 is 5.32 Å². The molecule has 1 saturated carbocycles. The summed E-state index contributed by atoms with van der Waals surface area (Å²) in [5.74, 6) is 1.09. The van der Waals surface area contributed by atoms with E-state index in [1.807, 2.05) is 7.05 Å². The van der Waals surface area contributed by atoms with Crippen molar-refractivity contribution in [1.82, 2.24) is 5.32 Å². The molecule has 0 spiro atoms. The molecule has 1 fully saturated rings. The Morgan fingerprint density at radius 3 is 2.50 bits per heavy atom. The molecule has 1 aliphatic carbocycles. The number of benzene rings is 1. The van der Waals surface area contributed by atoms with Crippen LogP contribution in [0.3, 0.4) is 0 Å². The molecule has 1 unspecified atom stereocenters. The Labute approximate surface area is 114 Å². The lowest BCUT2D eigenvalue weighted by Crippen LogP contribution is -2.29. The van der Waals surface area contributed by atoms with E-state index in [4.69, 9.17) is 11.6 Å². The van der Waals surface area contributed by atoms with Crippen LogP contribution in [0.5, 0.6) is 0 Å². The summed E-state index contributed by atoms with van der Waals surface area (Å²) < 4.78 is 14.0. The molecule has 18 heavy (non-hydrogen) atoms. The summed E-state index contributed by atoms with van der Waals surface area (Å²) in [5, 5.41) is 3.80. The van der Waals surface area contributed by atoms with E-state index in [0.29, 0.717) is 16.5 Å². The second-order valence-electron chi connectivity index (χ2n) is 5.42. The van der Waals surface area contributed by atoms with Gasteiger partial charge in [0.05, 0.1) is 0 Å². The summed E-state index contributed by atoms with van der Waals surface area (Å²) in [4.78, 5) is 0. The third kappa shape index (κ3) is 2.86. The minimum Gasteiger partial charge on any atom is -0.313 e. The largest absolute Gasteiger partial charge is 0.313 e. The van der Waals surface area contributed by atoms with Gasteiger partial charge in [-0.3, -0.25) is 0 Å². The molecule has 1 atom stereocenters. The average molecular weight is 270 g/mol. The van der Waals surface area contributed by atoms with E-state index in [0.717, 1.165) is 18.8 Å². The Kier molecular flexibility index (Phi) is 4.63. The summed E-state index contributed by atoms with van der Waals surface area (Å²) in [6.07, 6.45) is 4.76. The minimum atomic E-state index is -0.194. The number of halogens is 2. The molecule has 1 aromatic carbocycles. The fourth-order valence-electron chi connectivity index (χ4n) is 3.04. The molecule has 0 amide bonds. The standard InChI is InChI=1S/C15H21ClFN/c1-10-6-8-11(9-7-10)15(18-2)14-12(16)4-3-5-13(14)17/h3-5,10-11,15,18H,6-9H2,1-2H3.